The van der Waals surface area contributed by atoms with Crippen LogP contribution in [-0.4, -0.2) is 26.7 Å². The highest BCUT2D eigenvalue weighted by molar-refractivity contribution is 7.77. The third-order valence-electron chi connectivity index (χ3n) is 1.26. The Labute approximate surface area is 81.3 Å². The second-order valence-corrected chi connectivity index (χ2v) is 2.91. The molecule has 0 aliphatic rings. The quantitative estimate of drug-likeness (QED) is 0.574. The fraction of sp³-hybridized carbons (Fsp3) is 0.750. The van der Waals surface area contributed by atoms with E-state index in [9.17, 15) is 30.6 Å². The molecule has 0 rings (SSSR count). The number of nitriles is 1. The average Bonchev–Trinajstić information content (AvgIpc) is 1.94. The Kier molecular flexibility index (Phi) is 3.72. The number of hydrogen-bond donors (Lipinski definition) is 2. The Morgan fingerprint density at radius 3 is 1.53 bits per heavy atom. The third-order valence-corrected chi connectivity index (χ3v) is 1.74. The molecule has 0 aromatic rings. The highest BCUT2D eigenvalue weighted by Crippen LogP contribution is 2.42. The maximum absolute atomic E-state index is 12.0. The first-order chi connectivity index (χ1) is 6.48. The van der Waals surface area contributed by atoms with Gasteiger partial charge < -0.3 is 0 Å². The summed E-state index contributed by atoms with van der Waals surface area (Å²) in [5.74, 6) is 0. The molecule has 0 saturated heterocycles. The van der Waals surface area contributed by atoms with E-state index in [1.54, 1.807) is 0 Å². The Balaban J connectivity index is 5.56. The van der Waals surface area contributed by atoms with Crippen molar-refractivity contribution in [2.45, 2.75) is 17.9 Å². The first kappa shape index (κ1) is 14.1. The van der Waals surface area contributed by atoms with Crippen molar-refractivity contribution in [3.63, 3.8) is 0 Å². The number of rotatable bonds is 2. The van der Waals surface area contributed by atoms with Gasteiger partial charge in [0.25, 0.3) is 0 Å². The van der Waals surface area contributed by atoms with Gasteiger partial charge in [-0.3, -0.25) is 4.55 Å². The van der Waals surface area contributed by atoms with Crippen LogP contribution in [0.15, 0.2) is 0 Å². The second kappa shape index (κ2) is 3.95. The standard InChI is InChI=1S/C4H2F6N2O2S/c5-3(6,7)2(1-11,4(8,9)10)12-15(13)14/h12H,(H,13,14). The van der Waals surface area contributed by atoms with Gasteiger partial charge in [-0.05, 0) is 0 Å². The maximum atomic E-state index is 12.0. The minimum absolute atomic E-state index is 0.0874. The molecular formula is C4H2F6N2O2S. The predicted molar refractivity (Wildman–Crippen MR) is 34.4 cm³/mol. The van der Waals surface area contributed by atoms with Crippen molar-refractivity contribution >= 4 is 11.3 Å². The molecule has 15 heavy (non-hydrogen) atoms. The van der Waals surface area contributed by atoms with E-state index in [4.69, 9.17) is 9.81 Å². The summed E-state index contributed by atoms with van der Waals surface area (Å²) in [5, 5.41) is 7.90. The van der Waals surface area contributed by atoms with E-state index >= 15 is 0 Å². The predicted octanol–water partition coefficient (Wildman–Crippen LogP) is 1.10. The van der Waals surface area contributed by atoms with Crippen LogP contribution >= 0.6 is 0 Å². The molecule has 0 aliphatic carbocycles. The lowest BCUT2D eigenvalue weighted by atomic mass is 10.0. The number of halogens is 6. The number of nitrogens with zero attached hydrogens (tertiary/aromatic N) is 1. The van der Waals surface area contributed by atoms with Gasteiger partial charge in [0.15, 0.2) is 0 Å². The molecule has 0 radical (unpaired) electrons. The van der Waals surface area contributed by atoms with Crippen LogP contribution < -0.4 is 4.72 Å². The van der Waals surface area contributed by atoms with Crippen molar-refractivity contribution in [2.24, 2.45) is 0 Å². The smallest absolute Gasteiger partial charge is 0.294 e. The minimum atomic E-state index is -6.07. The van der Waals surface area contributed by atoms with E-state index in [1.807, 2.05) is 0 Å². The average molecular weight is 256 g/mol. The van der Waals surface area contributed by atoms with E-state index in [1.165, 1.54) is 0 Å². The molecule has 0 aliphatic heterocycles. The van der Waals surface area contributed by atoms with Gasteiger partial charge in [-0.1, -0.05) is 0 Å². The lowest BCUT2D eigenvalue weighted by molar-refractivity contribution is -0.281. The zero-order valence-corrected chi connectivity index (χ0v) is 7.30. The van der Waals surface area contributed by atoms with Crippen LogP contribution in [0.4, 0.5) is 26.3 Å². The molecule has 0 amide bonds. The van der Waals surface area contributed by atoms with E-state index in [0.717, 1.165) is 0 Å². The van der Waals surface area contributed by atoms with Gasteiger partial charge in [-0.25, -0.2) is 4.21 Å². The molecule has 1 unspecified atom stereocenters. The van der Waals surface area contributed by atoms with E-state index in [0.29, 0.717) is 0 Å². The molecule has 11 heteroatoms. The highest BCUT2D eigenvalue weighted by atomic mass is 32.2. The molecule has 0 aromatic carbocycles. The molecule has 2 N–H and O–H groups in total. The van der Waals surface area contributed by atoms with Gasteiger partial charge in [0.2, 0.25) is 11.3 Å². The Morgan fingerprint density at radius 1 is 1.13 bits per heavy atom. The van der Waals surface area contributed by atoms with Crippen LogP contribution in [0.1, 0.15) is 0 Å². The monoisotopic (exact) mass is 256 g/mol. The van der Waals surface area contributed by atoms with Gasteiger partial charge >= 0.3 is 17.9 Å². The van der Waals surface area contributed by atoms with Crippen LogP contribution in [0.3, 0.4) is 0 Å². The van der Waals surface area contributed by atoms with Crippen molar-refractivity contribution in [3.8, 4) is 6.07 Å². The van der Waals surface area contributed by atoms with E-state index < -0.39 is 29.2 Å². The van der Waals surface area contributed by atoms with E-state index in [-0.39, 0.29) is 10.8 Å². The van der Waals surface area contributed by atoms with Crippen molar-refractivity contribution < 1.29 is 35.1 Å². The summed E-state index contributed by atoms with van der Waals surface area (Å²) in [6.07, 6.45) is -12.1. The van der Waals surface area contributed by atoms with Crippen molar-refractivity contribution in [2.75, 3.05) is 0 Å². The summed E-state index contributed by atoms with van der Waals surface area (Å²) in [7, 11) is 0. The lowest BCUT2D eigenvalue weighted by Gasteiger charge is -2.29. The molecule has 0 bridgehead atoms. The largest absolute Gasteiger partial charge is 0.430 e. The molecule has 0 aromatic heterocycles. The first-order valence-corrected chi connectivity index (χ1v) is 4.02. The summed E-state index contributed by atoms with van der Waals surface area (Å²) < 4.78 is 90.0. The number of hydrogen-bond acceptors (Lipinski definition) is 2. The van der Waals surface area contributed by atoms with Gasteiger partial charge in [0.1, 0.15) is 6.07 Å². The highest BCUT2D eigenvalue weighted by Gasteiger charge is 2.73. The lowest BCUT2D eigenvalue weighted by Crippen LogP contribution is -2.65. The Hall–Kier alpha value is -0.860. The summed E-state index contributed by atoms with van der Waals surface area (Å²) in [4.78, 5) is 0. The summed E-state index contributed by atoms with van der Waals surface area (Å²) in [6, 6.07) is -0.0874. The van der Waals surface area contributed by atoms with Gasteiger partial charge in [0, 0.05) is 0 Å². The fourth-order valence-electron chi connectivity index (χ4n) is 0.557. The SMILES string of the molecule is N#CC(NS(=O)O)(C(F)(F)F)C(F)(F)F. The molecule has 0 fully saturated rings. The topological polar surface area (TPSA) is 73.1 Å². The van der Waals surface area contributed by atoms with Crippen molar-refractivity contribution in [1.29, 1.82) is 5.26 Å². The van der Waals surface area contributed by atoms with E-state index in [2.05, 4.69) is 0 Å². The zero-order chi connectivity index (χ0) is 12.5. The zero-order valence-electron chi connectivity index (χ0n) is 6.48. The normalized spacial score (nSPS) is 15.9. The Bertz CT molecular complexity index is 290. The first-order valence-electron chi connectivity index (χ1n) is 2.91. The van der Waals surface area contributed by atoms with Crippen molar-refractivity contribution in [3.05, 3.63) is 0 Å². The van der Waals surface area contributed by atoms with Crippen LogP contribution in [0.2, 0.25) is 0 Å². The fourth-order valence-corrected chi connectivity index (χ4v) is 1.10. The summed E-state index contributed by atoms with van der Waals surface area (Å²) in [6.45, 7) is 0. The molecule has 0 heterocycles. The molecule has 0 spiro atoms. The maximum Gasteiger partial charge on any atom is 0.430 e. The van der Waals surface area contributed by atoms with Gasteiger partial charge in [-0.2, -0.15) is 36.3 Å². The number of nitrogens with one attached hydrogen (secondary N) is 1. The molecule has 1 atom stereocenters. The molecule has 88 valence electrons. The summed E-state index contributed by atoms with van der Waals surface area (Å²) >= 11 is -3.64. The summed E-state index contributed by atoms with van der Waals surface area (Å²) in [5.41, 5.74) is -5.06. The molecular weight excluding hydrogens is 254 g/mol. The van der Waals surface area contributed by atoms with Crippen LogP contribution in [0.5, 0.6) is 0 Å². The van der Waals surface area contributed by atoms with Crippen molar-refractivity contribution in [1.82, 2.24) is 4.72 Å². The molecule has 0 saturated carbocycles. The minimum Gasteiger partial charge on any atom is -0.294 e. The van der Waals surface area contributed by atoms with Crippen LogP contribution in [-0.2, 0) is 11.3 Å². The molecule has 4 nitrogen and oxygen atoms in total. The second-order valence-electron chi connectivity index (χ2n) is 2.21. The van der Waals surface area contributed by atoms with Crippen LogP contribution in [0.25, 0.3) is 0 Å². The Morgan fingerprint density at radius 2 is 1.47 bits per heavy atom. The van der Waals surface area contributed by atoms with Gasteiger partial charge in [-0.15, -0.1) is 0 Å². The third kappa shape index (κ3) is 2.58. The van der Waals surface area contributed by atoms with Crippen LogP contribution in [0, 0.1) is 11.3 Å². The van der Waals surface area contributed by atoms with Gasteiger partial charge in [0.05, 0.1) is 0 Å². The number of alkyl halides is 6.